The lowest BCUT2D eigenvalue weighted by Crippen LogP contribution is -2.14. The van der Waals surface area contributed by atoms with Crippen LogP contribution in [0.4, 0.5) is 5.82 Å². The van der Waals surface area contributed by atoms with Crippen LogP contribution in [0, 0.1) is 6.92 Å². The molecule has 3 rings (SSSR count). The maximum absolute atomic E-state index is 12.5. The fourth-order valence-corrected chi connectivity index (χ4v) is 2.57. The first-order valence-corrected chi connectivity index (χ1v) is 8.21. The van der Waals surface area contributed by atoms with Gasteiger partial charge in [-0.1, -0.05) is 29.8 Å². The van der Waals surface area contributed by atoms with E-state index in [-0.39, 0.29) is 5.91 Å². The molecule has 134 valence electrons. The largest absolute Gasteiger partial charge is 0.497 e. The van der Waals surface area contributed by atoms with Crippen molar-refractivity contribution in [1.29, 1.82) is 0 Å². The Morgan fingerprint density at radius 1 is 1.08 bits per heavy atom. The van der Waals surface area contributed by atoms with Gasteiger partial charge in [0.2, 0.25) is 0 Å². The summed E-state index contributed by atoms with van der Waals surface area (Å²) in [4.78, 5) is 12.5. The molecular formula is C20H21N3O3. The van der Waals surface area contributed by atoms with E-state index in [1.807, 2.05) is 6.20 Å². The van der Waals surface area contributed by atoms with E-state index in [1.165, 1.54) is 12.7 Å². The molecule has 0 aliphatic rings. The van der Waals surface area contributed by atoms with Crippen molar-refractivity contribution in [3.8, 4) is 11.5 Å². The van der Waals surface area contributed by atoms with Crippen LogP contribution in [0.1, 0.15) is 21.5 Å². The molecule has 0 aliphatic carbocycles. The lowest BCUT2D eigenvalue weighted by molar-refractivity contribution is 0.102. The summed E-state index contributed by atoms with van der Waals surface area (Å²) in [6.07, 6.45) is 1.83. The fourth-order valence-electron chi connectivity index (χ4n) is 2.57. The van der Waals surface area contributed by atoms with Crippen LogP contribution in [0.5, 0.6) is 11.5 Å². The van der Waals surface area contributed by atoms with Crippen LogP contribution < -0.4 is 14.8 Å². The number of methoxy groups -OCH3 is 2. The monoisotopic (exact) mass is 351 g/mol. The Morgan fingerprint density at radius 2 is 1.85 bits per heavy atom. The summed E-state index contributed by atoms with van der Waals surface area (Å²) in [6.45, 7) is 2.70. The number of aryl methyl sites for hydroxylation is 1. The Hall–Kier alpha value is -3.28. The van der Waals surface area contributed by atoms with Crippen molar-refractivity contribution < 1.29 is 14.3 Å². The van der Waals surface area contributed by atoms with Gasteiger partial charge >= 0.3 is 0 Å². The number of hydrogen-bond acceptors (Lipinski definition) is 4. The zero-order valence-corrected chi connectivity index (χ0v) is 15.0. The second-order valence-corrected chi connectivity index (χ2v) is 5.90. The molecule has 0 unspecified atom stereocenters. The first-order chi connectivity index (χ1) is 12.6. The molecule has 3 aromatic rings. The zero-order chi connectivity index (χ0) is 18.5. The van der Waals surface area contributed by atoms with Crippen molar-refractivity contribution in [2.75, 3.05) is 19.5 Å². The number of carbonyl (C=O) groups excluding carboxylic acids is 1. The van der Waals surface area contributed by atoms with Gasteiger partial charge in [0.1, 0.15) is 11.5 Å². The quantitative estimate of drug-likeness (QED) is 0.738. The lowest BCUT2D eigenvalue weighted by atomic mass is 10.1. The smallest absolute Gasteiger partial charge is 0.260 e. The highest BCUT2D eigenvalue weighted by molar-refractivity contribution is 6.05. The highest BCUT2D eigenvalue weighted by Gasteiger charge is 2.14. The van der Waals surface area contributed by atoms with Crippen molar-refractivity contribution in [2.45, 2.75) is 13.5 Å². The molecule has 1 heterocycles. The fraction of sp³-hybridized carbons (Fsp3) is 0.200. The van der Waals surface area contributed by atoms with E-state index in [9.17, 15) is 4.79 Å². The van der Waals surface area contributed by atoms with E-state index < -0.39 is 0 Å². The summed E-state index contributed by atoms with van der Waals surface area (Å²) in [5.41, 5.74) is 2.78. The van der Waals surface area contributed by atoms with Crippen LogP contribution >= 0.6 is 0 Å². The Morgan fingerprint density at radius 3 is 2.54 bits per heavy atom. The van der Waals surface area contributed by atoms with Crippen LogP contribution in [-0.2, 0) is 6.54 Å². The van der Waals surface area contributed by atoms with E-state index in [4.69, 9.17) is 9.47 Å². The van der Waals surface area contributed by atoms with E-state index in [1.54, 1.807) is 36.1 Å². The highest BCUT2D eigenvalue weighted by Crippen LogP contribution is 2.25. The van der Waals surface area contributed by atoms with E-state index in [0.29, 0.717) is 29.4 Å². The number of ether oxygens (including phenoxy) is 2. The molecule has 0 fully saturated rings. The van der Waals surface area contributed by atoms with E-state index >= 15 is 0 Å². The van der Waals surface area contributed by atoms with Gasteiger partial charge in [0, 0.05) is 18.3 Å². The maximum atomic E-state index is 12.5. The van der Waals surface area contributed by atoms with Gasteiger partial charge in [-0.15, -0.1) is 0 Å². The van der Waals surface area contributed by atoms with Crippen LogP contribution in [-0.4, -0.2) is 29.9 Å². The number of anilines is 1. The molecule has 2 aromatic carbocycles. The van der Waals surface area contributed by atoms with Gasteiger partial charge in [-0.05, 0) is 24.6 Å². The summed E-state index contributed by atoms with van der Waals surface area (Å²) >= 11 is 0. The zero-order valence-electron chi connectivity index (χ0n) is 15.0. The molecule has 0 atom stereocenters. The van der Waals surface area contributed by atoms with Gasteiger partial charge in [0.15, 0.2) is 5.82 Å². The van der Waals surface area contributed by atoms with Crippen LogP contribution in [0.2, 0.25) is 0 Å². The number of rotatable bonds is 6. The summed E-state index contributed by atoms with van der Waals surface area (Å²) < 4.78 is 12.2. The number of benzene rings is 2. The molecule has 1 amide bonds. The molecule has 6 heteroatoms. The van der Waals surface area contributed by atoms with Gasteiger partial charge in [-0.2, -0.15) is 5.10 Å². The number of nitrogens with zero attached hydrogens (tertiary/aromatic N) is 2. The molecular weight excluding hydrogens is 330 g/mol. The number of nitrogens with one attached hydrogen (secondary N) is 1. The number of aromatic nitrogens is 2. The third-order valence-electron chi connectivity index (χ3n) is 4.00. The van der Waals surface area contributed by atoms with Gasteiger partial charge in [-0.25, -0.2) is 0 Å². The predicted octanol–water partition coefficient (Wildman–Crippen LogP) is 3.51. The Labute approximate surface area is 152 Å². The van der Waals surface area contributed by atoms with Crippen molar-refractivity contribution in [3.05, 3.63) is 71.4 Å². The van der Waals surface area contributed by atoms with Gasteiger partial charge in [-0.3, -0.25) is 9.48 Å². The van der Waals surface area contributed by atoms with Crippen LogP contribution in [0.15, 0.2) is 54.7 Å². The topological polar surface area (TPSA) is 65.4 Å². The molecule has 0 spiro atoms. The summed E-state index contributed by atoms with van der Waals surface area (Å²) in [5, 5.41) is 7.20. The standard InChI is InChI=1S/C20H21N3O3/c1-14-4-6-15(7-5-14)13-23-11-10-19(22-23)21-20(24)17-9-8-16(25-2)12-18(17)26-3/h4-12H,13H2,1-3H3,(H,21,22,24). The van der Waals surface area contributed by atoms with Crippen molar-refractivity contribution in [3.63, 3.8) is 0 Å². The lowest BCUT2D eigenvalue weighted by Gasteiger charge is -2.09. The number of carbonyl (C=O) groups is 1. The molecule has 26 heavy (non-hydrogen) atoms. The Bertz CT molecular complexity index is 901. The molecule has 0 saturated heterocycles. The minimum Gasteiger partial charge on any atom is -0.497 e. The van der Waals surface area contributed by atoms with Crippen LogP contribution in [0.25, 0.3) is 0 Å². The highest BCUT2D eigenvalue weighted by atomic mass is 16.5. The van der Waals surface area contributed by atoms with Gasteiger partial charge < -0.3 is 14.8 Å². The molecule has 1 aromatic heterocycles. The molecule has 0 aliphatic heterocycles. The van der Waals surface area contributed by atoms with Crippen molar-refractivity contribution in [2.24, 2.45) is 0 Å². The molecule has 0 saturated carbocycles. The number of amides is 1. The second-order valence-electron chi connectivity index (χ2n) is 5.90. The van der Waals surface area contributed by atoms with E-state index in [2.05, 4.69) is 41.6 Å². The summed E-state index contributed by atoms with van der Waals surface area (Å²) in [7, 11) is 3.08. The van der Waals surface area contributed by atoms with Crippen molar-refractivity contribution >= 4 is 11.7 Å². The first kappa shape index (κ1) is 17.5. The summed E-state index contributed by atoms with van der Waals surface area (Å²) in [6, 6.07) is 15.1. The summed E-state index contributed by atoms with van der Waals surface area (Å²) in [5.74, 6) is 1.27. The average Bonchev–Trinajstić information content (AvgIpc) is 3.09. The molecule has 0 bridgehead atoms. The first-order valence-electron chi connectivity index (χ1n) is 8.21. The molecule has 1 N–H and O–H groups in total. The number of hydrogen-bond donors (Lipinski definition) is 1. The minimum atomic E-state index is -0.287. The van der Waals surface area contributed by atoms with E-state index in [0.717, 1.165) is 5.56 Å². The maximum Gasteiger partial charge on any atom is 0.260 e. The molecule has 0 radical (unpaired) electrons. The third kappa shape index (κ3) is 4.03. The normalized spacial score (nSPS) is 10.4. The van der Waals surface area contributed by atoms with Crippen LogP contribution in [0.3, 0.4) is 0 Å². The van der Waals surface area contributed by atoms with Gasteiger partial charge in [0.25, 0.3) is 5.91 Å². The Kier molecular flexibility index (Phi) is 5.22. The average molecular weight is 351 g/mol. The van der Waals surface area contributed by atoms with Gasteiger partial charge in [0.05, 0.1) is 26.3 Å². The molecule has 6 nitrogen and oxygen atoms in total. The minimum absolute atomic E-state index is 0.287. The third-order valence-corrected chi connectivity index (χ3v) is 4.00. The second kappa shape index (κ2) is 7.74. The SMILES string of the molecule is COc1ccc(C(=O)Nc2ccn(Cc3ccc(C)cc3)n2)c(OC)c1. The van der Waals surface area contributed by atoms with Crippen molar-refractivity contribution in [1.82, 2.24) is 9.78 Å². The Balaban J connectivity index is 1.70. The predicted molar refractivity (Wildman–Crippen MR) is 100 cm³/mol.